The van der Waals surface area contributed by atoms with Crippen LogP contribution >= 0.6 is 15.2 Å². The highest BCUT2D eigenvalue weighted by Crippen LogP contribution is 2.35. The summed E-state index contributed by atoms with van der Waals surface area (Å²) in [6.45, 7) is -0.844. The first-order valence-corrected chi connectivity index (χ1v) is 14.1. The lowest BCUT2D eigenvalue weighted by atomic mass is 10.3. The SMILES string of the molecule is Nc1ccn(C[C@@H](CO)OCP(=O)(O)O)c(=O)n1.Nc1ncnc2c1ncn2C[C@@H](CO)OCP(=O)(O)O. The zero-order valence-corrected chi connectivity index (χ0v) is 21.5. The van der Waals surface area contributed by atoms with Gasteiger partial charge >= 0.3 is 20.9 Å². The Morgan fingerprint density at radius 3 is 1.95 bits per heavy atom. The molecule has 0 aliphatic rings. The second-order valence-electron chi connectivity index (χ2n) is 7.65. The number of hydrogen-bond acceptors (Lipinski definition) is 13. The van der Waals surface area contributed by atoms with Gasteiger partial charge in [0.25, 0.3) is 0 Å². The number of imidazole rings is 1. The van der Waals surface area contributed by atoms with E-state index in [2.05, 4.69) is 19.9 Å². The van der Waals surface area contributed by atoms with Crippen molar-refractivity contribution in [1.29, 1.82) is 0 Å². The summed E-state index contributed by atoms with van der Waals surface area (Å²) in [6, 6.07) is 1.39. The topological polar surface area (TPSA) is 305 Å². The minimum atomic E-state index is -4.31. The molecule has 0 bridgehead atoms. The first-order chi connectivity index (χ1) is 17.7. The molecule has 38 heavy (non-hydrogen) atoms. The molecule has 3 aromatic heterocycles. The molecular weight excluding hydrogens is 554 g/mol. The highest BCUT2D eigenvalue weighted by Gasteiger charge is 2.20. The molecule has 21 heteroatoms. The van der Waals surface area contributed by atoms with E-state index in [1.165, 1.54) is 24.9 Å². The molecule has 10 N–H and O–H groups in total. The Bertz CT molecular complexity index is 1340. The van der Waals surface area contributed by atoms with Gasteiger partial charge in [-0.3, -0.25) is 13.7 Å². The summed E-state index contributed by atoms with van der Waals surface area (Å²) < 4.78 is 33.8. The predicted molar refractivity (Wildman–Crippen MR) is 130 cm³/mol. The highest BCUT2D eigenvalue weighted by atomic mass is 31.2. The van der Waals surface area contributed by atoms with Gasteiger partial charge in [-0.2, -0.15) is 4.98 Å². The first kappa shape index (κ1) is 31.4. The van der Waals surface area contributed by atoms with E-state index < -0.39 is 59.0 Å². The minimum absolute atomic E-state index is 0.0629. The summed E-state index contributed by atoms with van der Waals surface area (Å²) in [4.78, 5) is 61.4. The molecule has 212 valence electrons. The Balaban J connectivity index is 0.000000269. The number of ether oxygens (including phenoxy) is 2. The van der Waals surface area contributed by atoms with Gasteiger partial charge in [-0.1, -0.05) is 0 Å². The van der Waals surface area contributed by atoms with Gasteiger partial charge < -0.3 is 55.3 Å². The quantitative estimate of drug-likeness (QED) is 0.100. The molecule has 0 aliphatic heterocycles. The van der Waals surface area contributed by atoms with Crippen LogP contribution < -0.4 is 17.2 Å². The predicted octanol–water partition coefficient (Wildman–Crippen LogP) is -2.74. The maximum absolute atomic E-state index is 11.4. The normalized spacial score (nSPS) is 13.6. The second-order valence-corrected chi connectivity index (χ2v) is 10.8. The van der Waals surface area contributed by atoms with E-state index >= 15 is 0 Å². The molecule has 0 spiro atoms. The molecule has 0 aliphatic carbocycles. The number of aromatic nitrogens is 6. The molecule has 0 aromatic carbocycles. The van der Waals surface area contributed by atoms with E-state index in [9.17, 15) is 19.0 Å². The van der Waals surface area contributed by atoms with Crippen LogP contribution in [0.2, 0.25) is 0 Å². The average Bonchev–Trinajstić information content (AvgIpc) is 3.24. The molecule has 0 radical (unpaired) electrons. The number of aliphatic hydroxyl groups excluding tert-OH is 2. The van der Waals surface area contributed by atoms with Gasteiger partial charge in [0.15, 0.2) is 11.5 Å². The van der Waals surface area contributed by atoms with Crippen molar-refractivity contribution in [2.75, 3.05) is 37.4 Å². The summed E-state index contributed by atoms with van der Waals surface area (Å²) in [5.41, 5.74) is 11.2. The third-order valence-corrected chi connectivity index (χ3v) is 5.46. The van der Waals surface area contributed by atoms with E-state index in [1.807, 2.05) is 0 Å². The summed E-state index contributed by atoms with van der Waals surface area (Å²) >= 11 is 0. The van der Waals surface area contributed by atoms with Crippen LogP contribution in [0.25, 0.3) is 11.2 Å². The Hall–Kier alpha value is -2.83. The van der Waals surface area contributed by atoms with Crippen molar-refractivity contribution in [2.45, 2.75) is 25.3 Å². The van der Waals surface area contributed by atoms with Crippen LogP contribution in [0.5, 0.6) is 0 Å². The van der Waals surface area contributed by atoms with Crippen LogP contribution in [-0.4, -0.2) is 97.0 Å². The number of hydrogen-bond donors (Lipinski definition) is 8. The van der Waals surface area contributed by atoms with Crippen molar-refractivity contribution in [3.63, 3.8) is 0 Å². The molecule has 0 unspecified atom stereocenters. The van der Waals surface area contributed by atoms with Crippen LogP contribution in [-0.2, 0) is 31.7 Å². The number of nitrogen functional groups attached to an aromatic ring is 2. The molecule has 2 atom stereocenters. The molecule has 0 saturated heterocycles. The largest absolute Gasteiger partial charge is 0.394 e. The number of fused-ring (bicyclic) bond motifs is 1. The van der Waals surface area contributed by atoms with Crippen LogP contribution in [0.15, 0.2) is 29.7 Å². The molecule has 3 aromatic rings. The number of rotatable bonds is 12. The number of anilines is 2. The smallest absolute Gasteiger partial charge is 0.350 e. The fourth-order valence-electron chi connectivity index (χ4n) is 2.78. The Kier molecular flexibility index (Phi) is 11.4. The van der Waals surface area contributed by atoms with E-state index in [1.54, 1.807) is 4.57 Å². The fraction of sp³-hybridized carbons (Fsp3) is 0.471. The van der Waals surface area contributed by atoms with Crippen molar-refractivity contribution in [3.05, 3.63) is 35.4 Å². The van der Waals surface area contributed by atoms with Crippen molar-refractivity contribution >= 4 is 38.0 Å². The zero-order chi connectivity index (χ0) is 28.5. The lowest BCUT2D eigenvalue weighted by Crippen LogP contribution is -2.32. The van der Waals surface area contributed by atoms with Gasteiger partial charge in [0.05, 0.1) is 44.8 Å². The maximum Gasteiger partial charge on any atom is 0.350 e. The summed E-state index contributed by atoms with van der Waals surface area (Å²) in [6.07, 6.45) is 0.780. The molecule has 0 amide bonds. The molecule has 19 nitrogen and oxygen atoms in total. The third kappa shape index (κ3) is 10.5. The average molecular weight is 582 g/mol. The Morgan fingerprint density at radius 1 is 0.895 bits per heavy atom. The molecule has 0 fully saturated rings. The highest BCUT2D eigenvalue weighted by molar-refractivity contribution is 7.51. The van der Waals surface area contributed by atoms with Crippen molar-refractivity contribution in [2.24, 2.45) is 0 Å². The van der Waals surface area contributed by atoms with Crippen molar-refractivity contribution < 1.29 is 48.4 Å². The maximum atomic E-state index is 11.4. The molecule has 3 heterocycles. The number of aliphatic hydroxyl groups is 2. The zero-order valence-electron chi connectivity index (χ0n) is 19.7. The summed E-state index contributed by atoms with van der Waals surface area (Å²) in [5.74, 6) is 0.290. The van der Waals surface area contributed by atoms with Crippen molar-refractivity contribution in [1.82, 2.24) is 29.1 Å². The van der Waals surface area contributed by atoms with E-state index in [4.69, 9.17) is 45.6 Å². The van der Waals surface area contributed by atoms with E-state index in [-0.39, 0.29) is 24.7 Å². The number of nitrogens with zero attached hydrogens (tertiary/aromatic N) is 6. The van der Waals surface area contributed by atoms with Crippen LogP contribution in [0.4, 0.5) is 11.6 Å². The molecule has 3 rings (SSSR count). The Labute approximate surface area is 214 Å². The summed E-state index contributed by atoms with van der Waals surface area (Å²) in [7, 11) is -8.60. The van der Waals surface area contributed by atoms with Crippen LogP contribution in [0.1, 0.15) is 0 Å². The van der Waals surface area contributed by atoms with Gasteiger partial charge in [-0.15, -0.1) is 0 Å². The van der Waals surface area contributed by atoms with Gasteiger partial charge in [0.2, 0.25) is 0 Å². The lowest BCUT2D eigenvalue weighted by Gasteiger charge is -2.16. The standard InChI is InChI=1S/C9H14N5O5P.C8H14N3O6P/c10-8-7-9(12-3-11-8)14(4-13-7)1-6(2-15)19-5-20(16,17)18;9-7-1-2-11(8(13)10-7)3-6(4-12)17-5-18(14,15)16/h3-4,6,15H,1-2,5H2,(H2,10,11,12)(H2,16,17,18);1-2,6,12H,3-5H2,(H2,9,10,13)(H2,14,15,16)/t2*6-/m00/s1. The van der Waals surface area contributed by atoms with Gasteiger partial charge in [0.1, 0.15) is 30.4 Å². The van der Waals surface area contributed by atoms with Crippen molar-refractivity contribution in [3.8, 4) is 0 Å². The summed E-state index contributed by atoms with van der Waals surface area (Å²) in [5, 5.41) is 18.2. The monoisotopic (exact) mass is 582 g/mol. The van der Waals surface area contributed by atoms with Gasteiger partial charge in [-0.25, -0.2) is 19.7 Å². The number of nitrogens with two attached hydrogens (primary N) is 2. The lowest BCUT2D eigenvalue weighted by molar-refractivity contribution is 0.0188. The van der Waals surface area contributed by atoms with Gasteiger partial charge in [-0.05, 0) is 6.07 Å². The van der Waals surface area contributed by atoms with Crippen LogP contribution in [0.3, 0.4) is 0 Å². The third-order valence-electron chi connectivity index (χ3n) is 4.49. The minimum Gasteiger partial charge on any atom is -0.394 e. The van der Waals surface area contributed by atoms with E-state index in [0.717, 1.165) is 4.57 Å². The first-order valence-electron chi connectivity index (χ1n) is 10.5. The fourth-order valence-corrected chi connectivity index (χ4v) is 3.59. The molecular formula is C17H28N8O11P2. The van der Waals surface area contributed by atoms with E-state index in [0.29, 0.717) is 11.2 Å². The Morgan fingerprint density at radius 2 is 1.45 bits per heavy atom. The molecule has 0 saturated carbocycles. The van der Waals surface area contributed by atoms with Crippen LogP contribution in [0, 0.1) is 0 Å². The second kappa shape index (κ2) is 13.8. The van der Waals surface area contributed by atoms with Gasteiger partial charge in [0, 0.05) is 6.20 Å².